The molecule has 0 radical (unpaired) electrons. The molecule has 0 atom stereocenters. The third-order valence-corrected chi connectivity index (χ3v) is 5.29. The van der Waals surface area contributed by atoms with Crippen molar-refractivity contribution in [1.82, 2.24) is 15.0 Å². The van der Waals surface area contributed by atoms with Crippen LogP contribution in [-0.2, 0) is 13.0 Å². The van der Waals surface area contributed by atoms with Crippen LogP contribution in [-0.4, -0.2) is 22.1 Å². The largest absolute Gasteiger partial charge is 0.497 e. The zero-order valence-electron chi connectivity index (χ0n) is 13.6. The van der Waals surface area contributed by atoms with Gasteiger partial charge in [-0.25, -0.2) is 4.68 Å². The highest BCUT2D eigenvalue weighted by molar-refractivity contribution is 9.10. The first kappa shape index (κ1) is 17.0. The van der Waals surface area contributed by atoms with Gasteiger partial charge in [0.2, 0.25) is 0 Å². The molecule has 0 bridgehead atoms. The molecule has 0 saturated heterocycles. The fraction of sp³-hybridized carbons (Fsp3) is 0.222. The van der Waals surface area contributed by atoms with Gasteiger partial charge >= 0.3 is 0 Å². The molecular weight excluding hydrogens is 386 g/mol. The van der Waals surface area contributed by atoms with Crippen molar-refractivity contribution in [2.24, 2.45) is 0 Å². The highest BCUT2D eigenvalue weighted by Crippen LogP contribution is 2.31. The van der Waals surface area contributed by atoms with E-state index in [2.05, 4.69) is 57.4 Å². The zero-order chi connectivity index (χ0) is 16.9. The van der Waals surface area contributed by atoms with E-state index in [1.807, 2.05) is 28.9 Å². The quantitative estimate of drug-likeness (QED) is 0.591. The molecule has 1 aromatic heterocycles. The summed E-state index contributed by atoms with van der Waals surface area (Å²) in [6, 6.07) is 16.3. The lowest BCUT2D eigenvalue weighted by molar-refractivity contribution is 0.414. The Morgan fingerprint density at radius 2 is 1.79 bits per heavy atom. The number of nitrogens with zero attached hydrogens (tertiary/aromatic N) is 3. The minimum atomic E-state index is 0.690. The monoisotopic (exact) mass is 403 g/mol. The number of rotatable bonds is 6. The minimum Gasteiger partial charge on any atom is -0.497 e. The molecule has 0 amide bonds. The Balaban J connectivity index is 1.85. The van der Waals surface area contributed by atoms with Gasteiger partial charge in [0, 0.05) is 9.37 Å². The van der Waals surface area contributed by atoms with Gasteiger partial charge in [-0.2, -0.15) is 0 Å². The molecule has 0 saturated carbocycles. The zero-order valence-corrected chi connectivity index (χ0v) is 16.0. The average molecular weight is 404 g/mol. The van der Waals surface area contributed by atoms with Crippen LogP contribution in [0.4, 0.5) is 0 Å². The maximum Gasteiger partial charge on any atom is 0.123 e. The second kappa shape index (κ2) is 7.85. The molecule has 2 aromatic carbocycles. The van der Waals surface area contributed by atoms with E-state index >= 15 is 0 Å². The smallest absolute Gasteiger partial charge is 0.123 e. The molecule has 3 rings (SSSR count). The van der Waals surface area contributed by atoms with Crippen molar-refractivity contribution in [3.63, 3.8) is 0 Å². The number of aryl methyl sites for hydroxylation is 1. The molecule has 1 heterocycles. The predicted molar refractivity (Wildman–Crippen MR) is 99.8 cm³/mol. The first-order chi connectivity index (χ1) is 11.7. The van der Waals surface area contributed by atoms with Gasteiger partial charge < -0.3 is 4.74 Å². The predicted octanol–water partition coefficient (Wildman–Crippen LogP) is 4.81. The second-order valence-corrected chi connectivity index (χ2v) is 7.23. The van der Waals surface area contributed by atoms with Crippen molar-refractivity contribution in [1.29, 1.82) is 0 Å². The highest BCUT2D eigenvalue weighted by Gasteiger charge is 2.13. The van der Waals surface area contributed by atoms with Crippen LogP contribution in [0.5, 0.6) is 5.75 Å². The summed E-state index contributed by atoms with van der Waals surface area (Å²) in [6.07, 6.45) is 0.863. The van der Waals surface area contributed by atoms with Crippen LogP contribution in [0.25, 0.3) is 0 Å². The molecule has 0 aliphatic carbocycles. The van der Waals surface area contributed by atoms with E-state index in [-0.39, 0.29) is 0 Å². The molecule has 4 nitrogen and oxygen atoms in total. The van der Waals surface area contributed by atoms with E-state index in [4.69, 9.17) is 4.74 Å². The Labute approximate surface area is 154 Å². The topological polar surface area (TPSA) is 39.9 Å². The summed E-state index contributed by atoms with van der Waals surface area (Å²) in [6.45, 7) is 2.79. The summed E-state index contributed by atoms with van der Waals surface area (Å²) in [4.78, 5) is 1.17. The van der Waals surface area contributed by atoms with Gasteiger partial charge in [0.1, 0.15) is 10.8 Å². The van der Waals surface area contributed by atoms with Gasteiger partial charge in [0.15, 0.2) is 0 Å². The fourth-order valence-corrected chi connectivity index (χ4v) is 3.56. The Kier molecular flexibility index (Phi) is 5.58. The van der Waals surface area contributed by atoms with E-state index in [1.165, 1.54) is 10.5 Å². The molecule has 6 heteroatoms. The van der Waals surface area contributed by atoms with Gasteiger partial charge in [-0.05, 0) is 48.4 Å². The van der Waals surface area contributed by atoms with Crippen LogP contribution < -0.4 is 4.74 Å². The lowest BCUT2D eigenvalue weighted by atomic mass is 10.2. The minimum absolute atomic E-state index is 0.690. The van der Waals surface area contributed by atoms with Crippen molar-refractivity contribution in [2.45, 2.75) is 29.8 Å². The molecule has 0 aliphatic rings. The number of hydrogen-bond donors (Lipinski definition) is 0. The summed E-state index contributed by atoms with van der Waals surface area (Å²) in [5.74, 6) is 0.857. The van der Waals surface area contributed by atoms with Crippen LogP contribution in [0.3, 0.4) is 0 Å². The summed E-state index contributed by atoms with van der Waals surface area (Å²) >= 11 is 5.17. The van der Waals surface area contributed by atoms with Gasteiger partial charge in [0.05, 0.1) is 19.3 Å². The standard InChI is InChI=1S/C18H18BrN3OS/c1-3-17-18(24-16-10-6-14(19)7-11-16)22(21-20-17)12-13-4-8-15(23-2)9-5-13/h4-11H,3,12H2,1-2H3. The van der Waals surface area contributed by atoms with E-state index in [9.17, 15) is 0 Å². The lowest BCUT2D eigenvalue weighted by Crippen LogP contribution is -2.04. The molecule has 0 spiro atoms. The van der Waals surface area contributed by atoms with E-state index in [0.717, 1.165) is 27.4 Å². The number of benzene rings is 2. The van der Waals surface area contributed by atoms with Gasteiger partial charge in [-0.15, -0.1) is 5.10 Å². The van der Waals surface area contributed by atoms with Crippen molar-refractivity contribution in [2.75, 3.05) is 7.11 Å². The van der Waals surface area contributed by atoms with Crippen molar-refractivity contribution >= 4 is 27.7 Å². The van der Waals surface area contributed by atoms with E-state index in [0.29, 0.717) is 6.54 Å². The highest BCUT2D eigenvalue weighted by atomic mass is 79.9. The molecule has 124 valence electrons. The number of ether oxygens (including phenoxy) is 1. The summed E-state index contributed by atoms with van der Waals surface area (Å²) in [5, 5.41) is 9.77. The third kappa shape index (κ3) is 3.99. The summed E-state index contributed by atoms with van der Waals surface area (Å²) < 4.78 is 8.25. The van der Waals surface area contributed by atoms with E-state index in [1.54, 1.807) is 18.9 Å². The Bertz CT molecular complexity index is 800. The first-order valence-corrected chi connectivity index (χ1v) is 9.29. The summed E-state index contributed by atoms with van der Waals surface area (Å²) in [7, 11) is 1.67. The fourth-order valence-electron chi connectivity index (χ4n) is 2.30. The molecule has 0 unspecified atom stereocenters. The van der Waals surface area contributed by atoms with Gasteiger partial charge in [0.25, 0.3) is 0 Å². The Hall–Kier alpha value is -1.79. The Morgan fingerprint density at radius 1 is 1.08 bits per heavy atom. The van der Waals surface area contributed by atoms with Crippen LogP contribution in [0.1, 0.15) is 18.2 Å². The SMILES string of the molecule is CCc1nnn(Cc2ccc(OC)cc2)c1Sc1ccc(Br)cc1. The maximum atomic E-state index is 5.21. The normalized spacial score (nSPS) is 10.8. The van der Waals surface area contributed by atoms with Crippen LogP contribution >= 0.6 is 27.7 Å². The molecule has 24 heavy (non-hydrogen) atoms. The number of hydrogen-bond acceptors (Lipinski definition) is 4. The van der Waals surface area contributed by atoms with Gasteiger partial charge in [-0.1, -0.05) is 52.0 Å². The second-order valence-electron chi connectivity index (χ2n) is 5.26. The maximum absolute atomic E-state index is 5.21. The number of halogens is 1. The average Bonchev–Trinajstić information content (AvgIpc) is 2.99. The van der Waals surface area contributed by atoms with Crippen LogP contribution in [0.2, 0.25) is 0 Å². The molecule has 3 aromatic rings. The number of methoxy groups -OCH3 is 1. The summed E-state index contributed by atoms with van der Waals surface area (Å²) in [5.41, 5.74) is 2.19. The molecule has 0 aliphatic heterocycles. The third-order valence-electron chi connectivity index (χ3n) is 3.61. The number of aromatic nitrogens is 3. The van der Waals surface area contributed by atoms with Crippen molar-refractivity contribution in [3.8, 4) is 5.75 Å². The Morgan fingerprint density at radius 3 is 2.42 bits per heavy atom. The van der Waals surface area contributed by atoms with Gasteiger partial charge in [-0.3, -0.25) is 0 Å². The van der Waals surface area contributed by atoms with Crippen molar-refractivity contribution in [3.05, 3.63) is 64.3 Å². The van der Waals surface area contributed by atoms with Crippen LogP contribution in [0, 0.1) is 0 Å². The lowest BCUT2D eigenvalue weighted by Gasteiger charge is -2.08. The molecule has 0 fully saturated rings. The molecule has 0 N–H and O–H groups in total. The van der Waals surface area contributed by atoms with Crippen LogP contribution in [0.15, 0.2) is 62.9 Å². The first-order valence-electron chi connectivity index (χ1n) is 7.68. The molecular formula is C18H18BrN3OS. The van der Waals surface area contributed by atoms with E-state index < -0.39 is 0 Å². The van der Waals surface area contributed by atoms with Crippen molar-refractivity contribution < 1.29 is 4.74 Å².